The molecule has 2 atom stereocenters. The van der Waals surface area contributed by atoms with Gasteiger partial charge in [-0.3, -0.25) is 0 Å². The molecule has 1 aromatic carbocycles. The van der Waals surface area contributed by atoms with E-state index in [4.69, 9.17) is 5.11 Å². The monoisotopic (exact) mass is 465 g/mol. The van der Waals surface area contributed by atoms with Crippen LogP contribution in [-0.4, -0.2) is 66.2 Å². The van der Waals surface area contributed by atoms with Crippen LogP contribution in [0.25, 0.3) is 11.4 Å². The Morgan fingerprint density at radius 2 is 1.66 bits per heavy atom. The van der Waals surface area contributed by atoms with Gasteiger partial charge in [-0.05, 0) is 52.0 Å². The Hall–Kier alpha value is -2.76. The number of anilines is 2. The highest BCUT2D eigenvalue weighted by atomic mass is 32.2. The molecule has 1 heterocycles. The van der Waals surface area contributed by atoms with Crippen molar-refractivity contribution in [1.29, 1.82) is 0 Å². The maximum absolute atomic E-state index is 12.4. The van der Waals surface area contributed by atoms with Gasteiger partial charge in [0.2, 0.25) is 0 Å². The fraction of sp³-hybridized carbons (Fsp3) is 0.476. The lowest BCUT2D eigenvalue weighted by Gasteiger charge is -2.23. The Morgan fingerprint density at radius 1 is 1.06 bits per heavy atom. The second-order valence-corrected chi connectivity index (χ2v) is 10.8. The van der Waals surface area contributed by atoms with Crippen molar-refractivity contribution in [2.75, 3.05) is 30.1 Å². The molecule has 0 bridgehead atoms. The molecule has 32 heavy (non-hydrogen) atoms. The molecule has 0 aliphatic rings. The molecule has 2 amide bonds. The molecule has 0 saturated heterocycles. The first-order chi connectivity index (χ1) is 14.9. The highest BCUT2D eigenvalue weighted by Crippen LogP contribution is 2.31. The van der Waals surface area contributed by atoms with Crippen molar-refractivity contribution < 1.29 is 23.4 Å². The van der Waals surface area contributed by atoms with Gasteiger partial charge in [0.15, 0.2) is 15.7 Å². The highest BCUT2D eigenvalue weighted by molar-refractivity contribution is 7.91. The van der Waals surface area contributed by atoms with Crippen LogP contribution in [0, 0.1) is 0 Å². The van der Waals surface area contributed by atoms with Crippen molar-refractivity contribution >= 4 is 27.4 Å². The molecule has 11 heteroatoms. The Morgan fingerprint density at radius 3 is 2.19 bits per heavy atom. The van der Waals surface area contributed by atoms with Crippen LogP contribution >= 0.6 is 0 Å². The number of aliphatic hydroxyl groups is 2. The summed E-state index contributed by atoms with van der Waals surface area (Å²) >= 11 is 0. The van der Waals surface area contributed by atoms with E-state index in [1.165, 1.54) is 0 Å². The molecule has 10 nitrogen and oxygen atoms in total. The zero-order chi connectivity index (χ0) is 24.1. The largest absolute Gasteiger partial charge is 0.394 e. The van der Waals surface area contributed by atoms with Gasteiger partial charge in [-0.25, -0.2) is 23.2 Å². The number of benzene rings is 1. The summed E-state index contributed by atoms with van der Waals surface area (Å²) in [6, 6.07) is 7.19. The van der Waals surface area contributed by atoms with E-state index in [-0.39, 0.29) is 25.3 Å². The molecular formula is C21H31N5O5S. The number of carbonyl (C=O) groups is 1. The number of hydrogen-bond donors (Lipinski definition) is 5. The number of aromatic nitrogens is 2. The summed E-state index contributed by atoms with van der Waals surface area (Å²) in [5.74, 6) is 0.694. The first-order valence-corrected chi connectivity index (χ1v) is 12.0. The first kappa shape index (κ1) is 25.5. The smallest absolute Gasteiger partial charge is 0.319 e. The maximum Gasteiger partial charge on any atom is 0.319 e. The lowest BCUT2D eigenvalue weighted by atomic mass is 10.1. The predicted molar refractivity (Wildman–Crippen MR) is 124 cm³/mol. The second kappa shape index (κ2) is 10.2. The van der Waals surface area contributed by atoms with Crippen molar-refractivity contribution in [3.05, 3.63) is 36.0 Å². The van der Waals surface area contributed by atoms with Gasteiger partial charge in [-0.15, -0.1) is 0 Å². The lowest BCUT2D eigenvalue weighted by Crippen LogP contribution is -2.38. The fourth-order valence-electron chi connectivity index (χ4n) is 2.59. The van der Waals surface area contributed by atoms with Crippen LogP contribution < -0.4 is 16.0 Å². The van der Waals surface area contributed by atoms with Crippen LogP contribution in [0.3, 0.4) is 0 Å². The topological polar surface area (TPSA) is 154 Å². The van der Waals surface area contributed by atoms with E-state index in [2.05, 4.69) is 25.9 Å². The van der Waals surface area contributed by atoms with Crippen LogP contribution in [0.2, 0.25) is 0 Å². The predicted octanol–water partition coefficient (Wildman–Crippen LogP) is 1.72. The zero-order valence-corrected chi connectivity index (χ0v) is 19.7. The Kier molecular flexibility index (Phi) is 8.16. The first-order valence-electron chi connectivity index (χ1n) is 10.1. The number of nitrogens with zero attached hydrogens (tertiary/aromatic N) is 2. The van der Waals surface area contributed by atoms with Crippen molar-refractivity contribution in [3.63, 3.8) is 0 Å². The number of hydrogen-bond acceptors (Lipinski definition) is 8. The average molecular weight is 466 g/mol. The summed E-state index contributed by atoms with van der Waals surface area (Å²) in [4.78, 5) is 20.9. The number of sulfone groups is 1. The minimum atomic E-state index is -3.48. The summed E-state index contributed by atoms with van der Waals surface area (Å²) in [5, 5.41) is 26.7. The summed E-state index contributed by atoms with van der Waals surface area (Å²) in [7, 11) is -3.48. The number of rotatable bonds is 9. The van der Waals surface area contributed by atoms with Crippen LogP contribution in [0.5, 0.6) is 0 Å². The summed E-state index contributed by atoms with van der Waals surface area (Å²) in [6.45, 7) is 6.30. The van der Waals surface area contributed by atoms with Gasteiger partial charge in [-0.1, -0.05) is 0 Å². The molecule has 5 N–H and O–H groups in total. The van der Waals surface area contributed by atoms with Crippen LogP contribution in [0.4, 0.5) is 16.3 Å². The molecule has 0 aliphatic carbocycles. The Balaban J connectivity index is 2.40. The van der Waals surface area contributed by atoms with Crippen LogP contribution in [0.1, 0.15) is 33.4 Å². The molecule has 0 saturated carbocycles. The molecular weight excluding hydrogens is 434 g/mol. The molecule has 0 radical (unpaired) electrons. The van der Waals surface area contributed by atoms with Crippen molar-refractivity contribution in [3.8, 4) is 11.4 Å². The summed E-state index contributed by atoms with van der Waals surface area (Å²) in [6.07, 6.45) is 1.15. The number of urea groups is 1. The molecule has 2 aromatic rings. The average Bonchev–Trinajstić information content (AvgIpc) is 2.72. The van der Waals surface area contributed by atoms with E-state index in [0.717, 1.165) is 6.26 Å². The van der Waals surface area contributed by atoms with Gasteiger partial charge in [0, 0.05) is 29.6 Å². The fourth-order valence-corrected chi connectivity index (χ4v) is 3.07. The summed E-state index contributed by atoms with van der Waals surface area (Å²) in [5.41, 5.74) is 1.46. The van der Waals surface area contributed by atoms with Gasteiger partial charge in [0.05, 0.1) is 24.9 Å². The van der Waals surface area contributed by atoms with E-state index in [0.29, 0.717) is 28.6 Å². The van der Waals surface area contributed by atoms with Gasteiger partial charge in [0.25, 0.3) is 0 Å². The van der Waals surface area contributed by atoms with Crippen LogP contribution in [0.15, 0.2) is 30.3 Å². The van der Waals surface area contributed by atoms with Crippen molar-refractivity contribution in [2.45, 2.75) is 44.5 Å². The quantitative estimate of drug-likeness (QED) is 0.375. The number of nitrogens with one attached hydrogen (secondary N) is 3. The number of aliphatic hydroxyl groups excluding tert-OH is 2. The molecule has 0 aliphatic heterocycles. The standard InChI is InChI=1S/C21H31N5O5S/c1-13(11-27)22-18-10-17(21(3,4)32(5,30)31)25-19(26-18)15-6-8-16(9-7-15)24-20(29)23-14(2)12-28/h6-10,13-14,27-28H,11-12H2,1-5H3,(H,22,25,26)(H2,23,24,29)/t13-,14+/m0/s1. The number of amides is 2. The van der Waals surface area contributed by atoms with E-state index >= 15 is 0 Å². The molecule has 0 fully saturated rings. The second-order valence-electron chi connectivity index (χ2n) is 8.23. The molecule has 0 spiro atoms. The van der Waals surface area contributed by atoms with E-state index in [9.17, 15) is 18.3 Å². The van der Waals surface area contributed by atoms with Gasteiger partial charge in [0.1, 0.15) is 10.6 Å². The third-order valence-corrected chi connectivity index (χ3v) is 7.05. The minimum Gasteiger partial charge on any atom is -0.394 e. The molecule has 2 rings (SSSR count). The third-order valence-electron chi connectivity index (χ3n) is 4.99. The molecule has 1 aromatic heterocycles. The minimum absolute atomic E-state index is 0.124. The SMILES string of the molecule is C[C@H](CO)NC(=O)Nc1ccc(-c2nc(N[C@@H](C)CO)cc(C(C)(C)S(C)(=O)=O)n2)cc1. The van der Waals surface area contributed by atoms with Crippen LogP contribution in [-0.2, 0) is 14.6 Å². The van der Waals surface area contributed by atoms with Gasteiger partial charge < -0.3 is 26.2 Å². The maximum atomic E-state index is 12.4. The Bertz CT molecular complexity index is 1040. The van der Waals surface area contributed by atoms with Gasteiger partial charge in [-0.2, -0.15) is 0 Å². The van der Waals surface area contributed by atoms with E-state index in [1.807, 2.05) is 0 Å². The Labute approximate surface area is 188 Å². The van der Waals surface area contributed by atoms with E-state index in [1.54, 1.807) is 58.0 Å². The number of carbonyl (C=O) groups excluding carboxylic acids is 1. The molecule has 176 valence electrons. The normalized spacial score (nSPS) is 13.8. The third kappa shape index (κ3) is 6.38. The molecule has 0 unspecified atom stereocenters. The lowest BCUT2D eigenvalue weighted by molar-refractivity contribution is 0.229. The van der Waals surface area contributed by atoms with Crippen molar-refractivity contribution in [1.82, 2.24) is 15.3 Å². The van der Waals surface area contributed by atoms with Gasteiger partial charge >= 0.3 is 6.03 Å². The van der Waals surface area contributed by atoms with E-state index < -0.39 is 20.6 Å². The summed E-state index contributed by atoms with van der Waals surface area (Å²) < 4.78 is 23.5. The highest BCUT2D eigenvalue weighted by Gasteiger charge is 2.35. The van der Waals surface area contributed by atoms with Crippen molar-refractivity contribution in [2.24, 2.45) is 0 Å². The zero-order valence-electron chi connectivity index (χ0n) is 18.9.